The summed E-state index contributed by atoms with van der Waals surface area (Å²) in [6, 6.07) is 9.52. The molecule has 0 saturated carbocycles. The molecule has 0 atom stereocenters. The lowest BCUT2D eigenvalue weighted by molar-refractivity contribution is 0.0918. The summed E-state index contributed by atoms with van der Waals surface area (Å²) in [4.78, 5) is 15.7. The zero-order chi connectivity index (χ0) is 16.9. The third-order valence-electron chi connectivity index (χ3n) is 4.16. The first-order valence-electron chi connectivity index (χ1n) is 8.13. The molecule has 24 heavy (non-hydrogen) atoms. The van der Waals surface area contributed by atoms with E-state index in [0.29, 0.717) is 25.3 Å². The topological polar surface area (TPSA) is 67.3 Å². The minimum absolute atomic E-state index is 0.0621. The molecule has 126 valence electrons. The summed E-state index contributed by atoms with van der Waals surface area (Å²) in [6.07, 6.45) is 2.38. The third-order valence-corrected chi connectivity index (χ3v) is 4.16. The van der Waals surface area contributed by atoms with Crippen LogP contribution < -0.4 is 5.32 Å². The number of carbonyl (C=O) groups is 1. The molecule has 0 radical (unpaired) electrons. The van der Waals surface area contributed by atoms with Crippen molar-refractivity contribution in [3.63, 3.8) is 0 Å². The number of benzene rings is 1. The minimum Gasteiger partial charge on any atom is -0.467 e. The number of ether oxygens (including phenoxy) is 1. The number of hydrogen-bond acceptors (Lipinski definition) is 3. The number of H-pyrrole nitrogens is 1. The van der Waals surface area contributed by atoms with Crippen LogP contribution in [0.25, 0.3) is 10.9 Å². The van der Waals surface area contributed by atoms with Gasteiger partial charge in [0.2, 0.25) is 0 Å². The van der Waals surface area contributed by atoms with Crippen LogP contribution >= 0.6 is 0 Å². The number of carbonyl (C=O) groups excluding carboxylic acids is 1. The summed E-state index contributed by atoms with van der Waals surface area (Å²) >= 11 is 0. The van der Waals surface area contributed by atoms with E-state index in [4.69, 9.17) is 9.15 Å². The van der Waals surface area contributed by atoms with Crippen molar-refractivity contribution in [2.75, 3.05) is 13.2 Å². The van der Waals surface area contributed by atoms with E-state index < -0.39 is 0 Å². The van der Waals surface area contributed by atoms with Gasteiger partial charge in [-0.1, -0.05) is 12.1 Å². The van der Waals surface area contributed by atoms with Crippen molar-refractivity contribution in [3.05, 3.63) is 59.2 Å². The standard InChI is InChI=1S/C19H22N2O3/c1-13-14(2)21-18-16(13)7-3-8-17(18)19(22)20-9-5-10-23-12-15-6-4-11-24-15/h3-4,6-8,11,21H,5,9-10,12H2,1-2H3,(H,20,22). The number of aromatic nitrogens is 1. The number of aryl methyl sites for hydroxylation is 2. The maximum absolute atomic E-state index is 12.4. The molecule has 3 aromatic rings. The molecule has 0 saturated heterocycles. The molecule has 2 heterocycles. The fourth-order valence-electron chi connectivity index (χ4n) is 2.71. The molecule has 0 aliphatic heterocycles. The van der Waals surface area contributed by atoms with Crippen LogP contribution in [0.3, 0.4) is 0 Å². The quantitative estimate of drug-likeness (QED) is 0.650. The molecule has 1 aromatic carbocycles. The van der Waals surface area contributed by atoms with E-state index in [-0.39, 0.29) is 5.91 Å². The van der Waals surface area contributed by atoms with Crippen molar-refractivity contribution >= 4 is 16.8 Å². The lowest BCUT2D eigenvalue weighted by Gasteiger charge is -2.07. The zero-order valence-electron chi connectivity index (χ0n) is 14.0. The highest BCUT2D eigenvalue weighted by Crippen LogP contribution is 2.24. The molecule has 0 spiro atoms. The van der Waals surface area contributed by atoms with E-state index in [1.165, 1.54) is 5.56 Å². The SMILES string of the molecule is Cc1[nH]c2c(C(=O)NCCCOCc3ccco3)cccc2c1C. The lowest BCUT2D eigenvalue weighted by atomic mass is 10.1. The van der Waals surface area contributed by atoms with Crippen molar-refractivity contribution in [2.24, 2.45) is 0 Å². The number of para-hydroxylation sites is 1. The maximum Gasteiger partial charge on any atom is 0.253 e. The summed E-state index contributed by atoms with van der Waals surface area (Å²) in [7, 11) is 0. The van der Waals surface area contributed by atoms with Crippen LogP contribution in [-0.2, 0) is 11.3 Å². The summed E-state index contributed by atoms with van der Waals surface area (Å²) < 4.78 is 10.7. The molecule has 0 unspecified atom stereocenters. The van der Waals surface area contributed by atoms with Gasteiger partial charge in [-0.25, -0.2) is 0 Å². The first-order chi connectivity index (χ1) is 11.7. The van der Waals surface area contributed by atoms with Gasteiger partial charge in [-0.05, 0) is 44.0 Å². The highest BCUT2D eigenvalue weighted by molar-refractivity contribution is 6.06. The van der Waals surface area contributed by atoms with Gasteiger partial charge in [0.25, 0.3) is 5.91 Å². The van der Waals surface area contributed by atoms with E-state index in [2.05, 4.69) is 17.2 Å². The van der Waals surface area contributed by atoms with Crippen molar-refractivity contribution in [1.29, 1.82) is 0 Å². The number of aromatic amines is 1. The van der Waals surface area contributed by atoms with Crippen LogP contribution in [-0.4, -0.2) is 24.0 Å². The normalized spacial score (nSPS) is 11.1. The molecule has 5 nitrogen and oxygen atoms in total. The number of furan rings is 1. The first kappa shape index (κ1) is 16.3. The van der Waals surface area contributed by atoms with Gasteiger partial charge in [0.05, 0.1) is 17.3 Å². The molecule has 3 rings (SSSR count). The summed E-state index contributed by atoms with van der Waals surface area (Å²) in [5.74, 6) is 0.746. The van der Waals surface area contributed by atoms with E-state index >= 15 is 0 Å². The third kappa shape index (κ3) is 3.51. The molecule has 0 fully saturated rings. The van der Waals surface area contributed by atoms with Crippen LogP contribution in [0.15, 0.2) is 41.0 Å². The Morgan fingerprint density at radius 1 is 1.25 bits per heavy atom. The Bertz CT molecular complexity index is 819. The molecule has 1 amide bonds. The maximum atomic E-state index is 12.4. The summed E-state index contributed by atoms with van der Waals surface area (Å²) in [6.45, 7) is 5.69. The number of fused-ring (bicyclic) bond motifs is 1. The number of hydrogen-bond donors (Lipinski definition) is 2. The number of nitrogens with one attached hydrogen (secondary N) is 2. The van der Waals surface area contributed by atoms with Crippen LogP contribution in [0.5, 0.6) is 0 Å². The van der Waals surface area contributed by atoms with Crippen LogP contribution in [0.4, 0.5) is 0 Å². The Morgan fingerprint density at radius 3 is 2.92 bits per heavy atom. The molecule has 2 N–H and O–H groups in total. The highest BCUT2D eigenvalue weighted by Gasteiger charge is 2.13. The Morgan fingerprint density at radius 2 is 2.12 bits per heavy atom. The summed E-state index contributed by atoms with van der Waals surface area (Å²) in [5, 5.41) is 4.05. The Kier molecular flexibility index (Phi) is 5.01. The monoisotopic (exact) mass is 326 g/mol. The van der Waals surface area contributed by atoms with Gasteiger partial charge < -0.3 is 19.5 Å². The highest BCUT2D eigenvalue weighted by atomic mass is 16.5. The zero-order valence-corrected chi connectivity index (χ0v) is 14.0. The fraction of sp³-hybridized carbons (Fsp3) is 0.316. The van der Waals surface area contributed by atoms with Crippen molar-refractivity contribution in [2.45, 2.75) is 26.9 Å². The molecule has 5 heteroatoms. The molecule has 0 aliphatic carbocycles. The Hall–Kier alpha value is -2.53. The number of rotatable bonds is 7. The van der Waals surface area contributed by atoms with Gasteiger partial charge >= 0.3 is 0 Å². The van der Waals surface area contributed by atoms with Gasteiger partial charge in [0.15, 0.2) is 0 Å². The Balaban J connectivity index is 1.49. The van der Waals surface area contributed by atoms with E-state index in [1.54, 1.807) is 6.26 Å². The molecular formula is C19H22N2O3. The molecular weight excluding hydrogens is 304 g/mol. The van der Waals surface area contributed by atoms with Gasteiger partial charge in [0.1, 0.15) is 12.4 Å². The van der Waals surface area contributed by atoms with Crippen LogP contribution in [0.1, 0.15) is 33.8 Å². The van der Waals surface area contributed by atoms with E-state index in [0.717, 1.165) is 28.8 Å². The van der Waals surface area contributed by atoms with Gasteiger partial charge in [0, 0.05) is 24.2 Å². The predicted octanol–water partition coefficient (Wildman–Crippen LogP) is 3.71. The van der Waals surface area contributed by atoms with Crippen LogP contribution in [0.2, 0.25) is 0 Å². The van der Waals surface area contributed by atoms with Crippen molar-refractivity contribution in [1.82, 2.24) is 10.3 Å². The Labute approximate surface area is 141 Å². The second-order valence-electron chi connectivity index (χ2n) is 5.84. The lowest BCUT2D eigenvalue weighted by Crippen LogP contribution is -2.25. The number of amides is 1. The molecule has 0 aliphatic rings. The molecule has 2 aromatic heterocycles. The average molecular weight is 326 g/mol. The second-order valence-corrected chi connectivity index (χ2v) is 5.84. The van der Waals surface area contributed by atoms with Crippen molar-refractivity contribution in [3.8, 4) is 0 Å². The first-order valence-corrected chi connectivity index (χ1v) is 8.13. The van der Waals surface area contributed by atoms with Gasteiger partial charge in [-0.2, -0.15) is 0 Å². The molecule has 0 bridgehead atoms. The minimum atomic E-state index is -0.0621. The summed E-state index contributed by atoms with van der Waals surface area (Å²) in [5.41, 5.74) is 3.86. The largest absolute Gasteiger partial charge is 0.467 e. The van der Waals surface area contributed by atoms with E-state index in [9.17, 15) is 4.79 Å². The predicted molar refractivity (Wildman–Crippen MR) is 93.1 cm³/mol. The van der Waals surface area contributed by atoms with E-state index in [1.807, 2.05) is 37.3 Å². The average Bonchev–Trinajstić information content (AvgIpc) is 3.19. The van der Waals surface area contributed by atoms with Crippen molar-refractivity contribution < 1.29 is 13.9 Å². The second kappa shape index (κ2) is 7.36. The fourth-order valence-corrected chi connectivity index (χ4v) is 2.71. The van der Waals surface area contributed by atoms with Gasteiger partial charge in [-0.15, -0.1) is 0 Å². The van der Waals surface area contributed by atoms with Gasteiger partial charge in [-0.3, -0.25) is 4.79 Å². The van der Waals surface area contributed by atoms with Crippen LogP contribution in [0, 0.1) is 13.8 Å². The smallest absolute Gasteiger partial charge is 0.253 e.